The fourth-order valence-electron chi connectivity index (χ4n) is 1.62. The number of hydrogen-bond acceptors (Lipinski definition) is 0. The summed E-state index contributed by atoms with van der Waals surface area (Å²) in [5.74, 6) is 0.424. The van der Waals surface area contributed by atoms with Crippen LogP contribution >= 0.6 is 11.6 Å². The first-order valence-corrected chi connectivity index (χ1v) is 5.75. The van der Waals surface area contributed by atoms with E-state index in [0.29, 0.717) is 5.88 Å². The van der Waals surface area contributed by atoms with Gasteiger partial charge < -0.3 is 0 Å². The summed E-state index contributed by atoms with van der Waals surface area (Å²) in [6.07, 6.45) is 4.88. The molecule has 0 unspecified atom stereocenters. The molecule has 0 radical (unpaired) electrons. The molecule has 0 aliphatic rings. The zero-order valence-electron chi connectivity index (χ0n) is 8.79. The van der Waals surface area contributed by atoms with Crippen molar-refractivity contribution in [1.82, 2.24) is 0 Å². The van der Waals surface area contributed by atoms with Crippen molar-refractivity contribution in [2.45, 2.75) is 6.42 Å². The van der Waals surface area contributed by atoms with Crippen LogP contribution in [-0.2, 0) is 0 Å². The number of benzene rings is 2. The van der Waals surface area contributed by atoms with Crippen molar-refractivity contribution in [1.29, 1.82) is 0 Å². The Morgan fingerprint density at radius 3 is 2.69 bits per heavy atom. The second-order valence-corrected chi connectivity index (χ2v) is 4.01. The van der Waals surface area contributed by atoms with Crippen molar-refractivity contribution >= 4 is 28.4 Å². The molecule has 82 valence electrons. The largest absolute Gasteiger partial charge is 0.207 e. The van der Waals surface area contributed by atoms with Crippen molar-refractivity contribution in [2.75, 3.05) is 5.88 Å². The maximum Gasteiger partial charge on any atom is 0.123 e. The standard InChI is InChI=1S/C14H12ClF/c15-8-2-1-3-11-4-5-12-6-7-14(16)10-13(12)9-11/h1,3-7,9-10H,2,8H2. The summed E-state index contributed by atoms with van der Waals surface area (Å²) in [6, 6.07) is 10.8. The van der Waals surface area contributed by atoms with Gasteiger partial charge in [-0.1, -0.05) is 30.4 Å². The molecular weight excluding hydrogens is 223 g/mol. The molecule has 0 bridgehead atoms. The van der Waals surface area contributed by atoms with E-state index in [1.807, 2.05) is 30.4 Å². The molecular formula is C14H12ClF. The number of rotatable bonds is 3. The lowest BCUT2D eigenvalue weighted by molar-refractivity contribution is 0.630. The van der Waals surface area contributed by atoms with Crippen LogP contribution in [-0.4, -0.2) is 5.88 Å². The summed E-state index contributed by atoms with van der Waals surface area (Å²) in [6.45, 7) is 0. The molecule has 0 fully saturated rings. The minimum Gasteiger partial charge on any atom is -0.207 e. The van der Waals surface area contributed by atoms with Gasteiger partial charge in [0.15, 0.2) is 0 Å². The monoisotopic (exact) mass is 234 g/mol. The number of hydrogen-bond donors (Lipinski definition) is 0. The highest BCUT2D eigenvalue weighted by Gasteiger charge is 1.96. The maximum absolute atomic E-state index is 13.0. The zero-order chi connectivity index (χ0) is 11.4. The van der Waals surface area contributed by atoms with Crippen LogP contribution in [0.2, 0.25) is 0 Å². The maximum atomic E-state index is 13.0. The highest BCUT2D eigenvalue weighted by Crippen LogP contribution is 2.18. The lowest BCUT2D eigenvalue weighted by Gasteiger charge is -1.99. The molecule has 0 amide bonds. The Bertz CT molecular complexity index is 517. The van der Waals surface area contributed by atoms with E-state index in [4.69, 9.17) is 11.6 Å². The third kappa shape index (κ3) is 2.61. The smallest absolute Gasteiger partial charge is 0.123 e. The summed E-state index contributed by atoms with van der Waals surface area (Å²) in [5.41, 5.74) is 1.07. The van der Waals surface area contributed by atoms with Gasteiger partial charge in [0, 0.05) is 5.88 Å². The summed E-state index contributed by atoms with van der Waals surface area (Å²) in [7, 11) is 0. The van der Waals surface area contributed by atoms with Crippen molar-refractivity contribution < 1.29 is 4.39 Å². The van der Waals surface area contributed by atoms with Crippen LogP contribution in [0, 0.1) is 5.82 Å². The Morgan fingerprint density at radius 2 is 1.88 bits per heavy atom. The second kappa shape index (κ2) is 5.13. The number of fused-ring (bicyclic) bond motifs is 1. The second-order valence-electron chi connectivity index (χ2n) is 3.63. The van der Waals surface area contributed by atoms with E-state index in [2.05, 4.69) is 0 Å². The first kappa shape index (κ1) is 11.2. The summed E-state index contributed by atoms with van der Waals surface area (Å²) >= 11 is 5.58. The first-order chi connectivity index (χ1) is 7.79. The van der Waals surface area contributed by atoms with Crippen LogP contribution in [0.4, 0.5) is 4.39 Å². The van der Waals surface area contributed by atoms with Gasteiger partial charge in [0.1, 0.15) is 5.82 Å². The Hall–Kier alpha value is -1.34. The number of alkyl halides is 1. The number of allylic oxidation sites excluding steroid dienone is 1. The van der Waals surface area contributed by atoms with Crippen LogP contribution < -0.4 is 0 Å². The van der Waals surface area contributed by atoms with Gasteiger partial charge in [-0.05, 0) is 41.0 Å². The van der Waals surface area contributed by atoms with E-state index in [1.54, 1.807) is 12.1 Å². The molecule has 2 aromatic carbocycles. The molecule has 2 aromatic rings. The molecule has 0 saturated carbocycles. The molecule has 0 aliphatic carbocycles. The third-order valence-corrected chi connectivity index (χ3v) is 2.63. The molecule has 16 heavy (non-hydrogen) atoms. The van der Waals surface area contributed by atoms with Gasteiger partial charge in [0.25, 0.3) is 0 Å². The molecule has 0 aromatic heterocycles. The van der Waals surface area contributed by atoms with Crippen LogP contribution in [0.5, 0.6) is 0 Å². The van der Waals surface area contributed by atoms with E-state index in [9.17, 15) is 4.39 Å². The Kier molecular flexibility index (Phi) is 3.58. The van der Waals surface area contributed by atoms with Gasteiger partial charge >= 0.3 is 0 Å². The fourth-order valence-corrected chi connectivity index (χ4v) is 1.75. The van der Waals surface area contributed by atoms with Gasteiger partial charge in [-0.15, -0.1) is 11.6 Å². The van der Waals surface area contributed by atoms with E-state index in [0.717, 1.165) is 22.8 Å². The summed E-state index contributed by atoms with van der Waals surface area (Å²) < 4.78 is 13.0. The van der Waals surface area contributed by atoms with Crippen molar-refractivity contribution in [3.05, 3.63) is 53.9 Å². The van der Waals surface area contributed by atoms with Crippen molar-refractivity contribution in [3.8, 4) is 0 Å². The van der Waals surface area contributed by atoms with Gasteiger partial charge in [-0.2, -0.15) is 0 Å². The van der Waals surface area contributed by atoms with E-state index in [1.165, 1.54) is 6.07 Å². The van der Waals surface area contributed by atoms with Crippen LogP contribution in [0.3, 0.4) is 0 Å². The predicted octanol–water partition coefficient (Wildman–Crippen LogP) is 4.62. The highest BCUT2D eigenvalue weighted by molar-refractivity contribution is 6.17. The molecule has 0 N–H and O–H groups in total. The molecule has 0 heterocycles. The van der Waals surface area contributed by atoms with E-state index >= 15 is 0 Å². The van der Waals surface area contributed by atoms with Crippen LogP contribution in [0.15, 0.2) is 42.5 Å². The predicted molar refractivity (Wildman–Crippen MR) is 68.3 cm³/mol. The van der Waals surface area contributed by atoms with E-state index < -0.39 is 0 Å². The molecule has 0 spiro atoms. The average molecular weight is 235 g/mol. The van der Waals surface area contributed by atoms with Crippen LogP contribution in [0.25, 0.3) is 16.8 Å². The minimum atomic E-state index is -0.200. The normalized spacial score (nSPS) is 11.4. The molecule has 0 saturated heterocycles. The van der Waals surface area contributed by atoms with Gasteiger partial charge in [-0.25, -0.2) is 4.39 Å². The fraction of sp³-hybridized carbons (Fsp3) is 0.143. The summed E-state index contributed by atoms with van der Waals surface area (Å²) in [5, 5.41) is 1.98. The number of halogens is 2. The first-order valence-electron chi connectivity index (χ1n) is 5.21. The van der Waals surface area contributed by atoms with Gasteiger partial charge in [-0.3, -0.25) is 0 Å². The summed E-state index contributed by atoms with van der Waals surface area (Å²) in [4.78, 5) is 0. The topological polar surface area (TPSA) is 0 Å². The van der Waals surface area contributed by atoms with Crippen LogP contribution in [0.1, 0.15) is 12.0 Å². The Labute approximate surface area is 99.4 Å². The minimum absolute atomic E-state index is 0.200. The lowest BCUT2D eigenvalue weighted by Crippen LogP contribution is -1.78. The van der Waals surface area contributed by atoms with Crippen molar-refractivity contribution in [2.24, 2.45) is 0 Å². The van der Waals surface area contributed by atoms with E-state index in [-0.39, 0.29) is 5.82 Å². The quantitative estimate of drug-likeness (QED) is 0.680. The SMILES string of the molecule is Fc1ccc2ccc(C=CCCCl)cc2c1. The zero-order valence-corrected chi connectivity index (χ0v) is 9.54. The van der Waals surface area contributed by atoms with Gasteiger partial charge in [0.05, 0.1) is 0 Å². The Morgan fingerprint density at radius 1 is 1.06 bits per heavy atom. The molecule has 2 heteroatoms. The van der Waals surface area contributed by atoms with Crippen molar-refractivity contribution in [3.63, 3.8) is 0 Å². The molecule has 2 rings (SSSR count). The average Bonchev–Trinajstić information content (AvgIpc) is 2.29. The van der Waals surface area contributed by atoms with Gasteiger partial charge in [0.2, 0.25) is 0 Å². The molecule has 0 aliphatic heterocycles. The Balaban J connectivity index is 2.35. The molecule has 0 nitrogen and oxygen atoms in total. The third-order valence-electron chi connectivity index (χ3n) is 2.41. The highest BCUT2D eigenvalue weighted by atomic mass is 35.5. The lowest BCUT2D eigenvalue weighted by atomic mass is 10.1. The molecule has 0 atom stereocenters.